The van der Waals surface area contributed by atoms with Gasteiger partial charge in [-0.15, -0.1) is 12.4 Å². The van der Waals surface area contributed by atoms with Crippen LogP contribution in [0.1, 0.15) is 16.7 Å². The second kappa shape index (κ2) is 6.01. The zero-order valence-corrected chi connectivity index (χ0v) is 12.1. The predicted molar refractivity (Wildman–Crippen MR) is 79.8 cm³/mol. The SMILES string of the molecule is Cl.Fc1cccc2[nH]cc(Cc3ccc(C(F)(F)F)cc3)c12. The molecule has 116 valence electrons. The van der Waals surface area contributed by atoms with E-state index in [4.69, 9.17) is 0 Å². The van der Waals surface area contributed by atoms with Crippen molar-refractivity contribution in [2.75, 3.05) is 0 Å². The van der Waals surface area contributed by atoms with Crippen molar-refractivity contribution in [2.24, 2.45) is 0 Å². The van der Waals surface area contributed by atoms with E-state index < -0.39 is 11.7 Å². The molecular formula is C16H12ClF4N. The lowest BCUT2D eigenvalue weighted by Crippen LogP contribution is -2.04. The molecule has 3 aromatic rings. The summed E-state index contributed by atoms with van der Waals surface area (Å²) in [6.07, 6.45) is -2.28. The molecule has 0 fully saturated rings. The number of nitrogens with one attached hydrogen (secondary N) is 1. The van der Waals surface area contributed by atoms with Gasteiger partial charge in [0.15, 0.2) is 0 Å². The fourth-order valence-corrected chi connectivity index (χ4v) is 2.38. The summed E-state index contributed by atoms with van der Waals surface area (Å²) in [4.78, 5) is 2.96. The van der Waals surface area contributed by atoms with Gasteiger partial charge in [-0.25, -0.2) is 4.39 Å². The van der Waals surface area contributed by atoms with E-state index in [1.807, 2.05) is 0 Å². The van der Waals surface area contributed by atoms with Crippen LogP contribution < -0.4 is 0 Å². The molecule has 0 radical (unpaired) electrons. The van der Waals surface area contributed by atoms with Crippen LogP contribution >= 0.6 is 12.4 Å². The van der Waals surface area contributed by atoms with Gasteiger partial charge in [0.05, 0.1) is 5.56 Å². The maximum Gasteiger partial charge on any atom is 0.416 e. The number of halogens is 5. The normalized spacial score (nSPS) is 11.5. The Kier molecular flexibility index (Phi) is 4.47. The van der Waals surface area contributed by atoms with Gasteiger partial charge in [-0.3, -0.25) is 0 Å². The first-order chi connectivity index (χ1) is 9.95. The highest BCUT2D eigenvalue weighted by Crippen LogP contribution is 2.30. The van der Waals surface area contributed by atoms with Crippen molar-refractivity contribution < 1.29 is 17.6 Å². The van der Waals surface area contributed by atoms with Gasteiger partial charge in [0.25, 0.3) is 0 Å². The smallest absolute Gasteiger partial charge is 0.361 e. The van der Waals surface area contributed by atoms with Gasteiger partial charge in [-0.1, -0.05) is 18.2 Å². The Balaban J connectivity index is 0.00000176. The molecular weight excluding hydrogens is 318 g/mol. The van der Waals surface area contributed by atoms with E-state index >= 15 is 0 Å². The van der Waals surface area contributed by atoms with Crippen LogP contribution in [0.5, 0.6) is 0 Å². The minimum atomic E-state index is -4.34. The maximum atomic E-state index is 13.8. The van der Waals surface area contributed by atoms with Gasteiger partial charge in [0, 0.05) is 17.1 Å². The first-order valence-electron chi connectivity index (χ1n) is 6.36. The van der Waals surface area contributed by atoms with Gasteiger partial charge in [-0.2, -0.15) is 13.2 Å². The minimum absolute atomic E-state index is 0. The third-order valence-corrected chi connectivity index (χ3v) is 3.41. The van der Waals surface area contributed by atoms with Crippen molar-refractivity contribution >= 4 is 23.3 Å². The van der Waals surface area contributed by atoms with Crippen molar-refractivity contribution in [2.45, 2.75) is 12.6 Å². The summed E-state index contributed by atoms with van der Waals surface area (Å²) in [6.45, 7) is 0. The van der Waals surface area contributed by atoms with Gasteiger partial charge in [-0.05, 0) is 41.8 Å². The number of H-pyrrole nitrogens is 1. The summed E-state index contributed by atoms with van der Waals surface area (Å²) < 4.78 is 51.3. The van der Waals surface area contributed by atoms with E-state index in [0.717, 1.165) is 17.7 Å². The lowest BCUT2D eigenvalue weighted by atomic mass is 10.0. The van der Waals surface area contributed by atoms with Crippen LogP contribution in [-0.4, -0.2) is 4.98 Å². The summed E-state index contributed by atoms with van der Waals surface area (Å²) in [5.74, 6) is -0.337. The summed E-state index contributed by atoms with van der Waals surface area (Å²) in [5, 5.41) is 0.484. The lowest BCUT2D eigenvalue weighted by Gasteiger charge is -2.07. The second-order valence-electron chi connectivity index (χ2n) is 4.85. The van der Waals surface area contributed by atoms with Crippen LogP contribution in [0.15, 0.2) is 48.7 Å². The fraction of sp³-hybridized carbons (Fsp3) is 0.125. The molecule has 0 bridgehead atoms. The highest BCUT2D eigenvalue weighted by molar-refractivity contribution is 5.85. The zero-order valence-electron chi connectivity index (χ0n) is 11.2. The van der Waals surface area contributed by atoms with Crippen LogP contribution in [0.4, 0.5) is 17.6 Å². The average Bonchev–Trinajstić information content (AvgIpc) is 2.83. The van der Waals surface area contributed by atoms with E-state index in [0.29, 0.717) is 22.9 Å². The summed E-state index contributed by atoms with van der Waals surface area (Å²) in [6, 6.07) is 9.66. The number of hydrogen-bond acceptors (Lipinski definition) is 0. The quantitative estimate of drug-likeness (QED) is 0.611. The van der Waals surface area contributed by atoms with E-state index in [1.165, 1.54) is 18.2 Å². The third-order valence-electron chi connectivity index (χ3n) is 3.41. The average molecular weight is 330 g/mol. The fourth-order valence-electron chi connectivity index (χ4n) is 2.38. The van der Waals surface area contributed by atoms with Crippen LogP contribution in [0.25, 0.3) is 10.9 Å². The highest BCUT2D eigenvalue weighted by Gasteiger charge is 2.29. The van der Waals surface area contributed by atoms with Crippen LogP contribution in [0.2, 0.25) is 0 Å². The molecule has 22 heavy (non-hydrogen) atoms. The largest absolute Gasteiger partial charge is 0.416 e. The van der Waals surface area contributed by atoms with E-state index in [9.17, 15) is 17.6 Å². The maximum absolute atomic E-state index is 13.8. The summed E-state index contributed by atoms with van der Waals surface area (Å²) >= 11 is 0. The molecule has 0 aliphatic rings. The molecule has 0 aliphatic heterocycles. The molecule has 1 N–H and O–H groups in total. The van der Waals surface area contributed by atoms with E-state index in [1.54, 1.807) is 18.3 Å². The number of alkyl halides is 3. The topological polar surface area (TPSA) is 15.8 Å². The monoisotopic (exact) mass is 329 g/mol. The van der Waals surface area contributed by atoms with Crippen LogP contribution in [0.3, 0.4) is 0 Å². The number of rotatable bonds is 2. The van der Waals surface area contributed by atoms with Gasteiger partial charge in [0.1, 0.15) is 5.82 Å². The van der Waals surface area contributed by atoms with E-state index in [2.05, 4.69) is 4.98 Å². The van der Waals surface area contributed by atoms with Gasteiger partial charge in [0.2, 0.25) is 0 Å². The molecule has 0 saturated heterocycles. The Bertz CT molecular complexity index is 775. The van der Waals surface area contributed by atoms with Crippen LogP contribution in [-0.2, 0) is 12.6 Å². The lowest BCUT2D eigenvalue weighted by molar-refractivity contribution is -0.137. The first-order valence-corrected chi connectivity index (χ1v) is 6.36. The Morgan fingerprint density at radius 1 is 0.955 bits per heavy atom. The molecule has 1 heterocycles. The molecule has 0 aliphatic carbocycles. The van der Waals surface area contributed by atoms with Gasteiger partial charge >= 0.3 is 6.18 Å². The third kappa shape index (κ3) is 3.09. The van der Waals surface area contributed by atoms with Crippen molar-refractivity contribution in [3.63, 3.8) is 0 Å². The minimum Gasteiger partial charge on any atom is -0.361 e. The molecule has 0 saturated carbocycles. The number of fused-ring (bicyclic) bond motifs is 1. The predicted octanol–water partition coefficient (Wildman–Crippen LogP) is 5.34. The Morgan fingerprint density at radius 3 is 2.27 bits per heavy atom. The van der Waals surface area contributed by atoms with Crippen molar-refractivity contribution in [3.05, 3.63) is 71.2 Å². The van der Waals surface area contributed by atoms with E-state index in [-0.39, 0.29) is 18.2 Å². The Hall–Kier alpha value is -2.01. The molecule has 6 heteroatoms. The standard InChI is InChI=1S/C16H11F4N.ClH/c17-13-2-1-3-14-15(13)11(9-21-14)8-10-4-6-12(7-5-10)16(18,19)20;/h1-7,9,21H,8H2;1H. The van der Waals surface area contributed by atoms with Crippen molar-refractivity contribution in [1.82, 2.24) is 4.98 Å². The van der Waals surface area contributed by atoms with Crippen LogP contribution in [0, 0.1) is 5.82 Å². The zero-order chi connectivity index (χ0) is 15.0. The molecule has 0 unspecified atom stereocenters. The second-order valence-corrected chi connectivity index (χ2v) is 4.85. The van der Waals surface area contributed by atoms with Gasteiger partial charge < -0.3 is 4.98 Å². The number of aromatic amines is 1. The molecule has 0 atom stereocenters. The highest BCUT2D eigenvalue weighted by atomic mass is 35.5. The molecule has 0 spiro atoms. The molecule has 2 aromatic carbocycles. The summed E-state index contributed by atoms with van der Waals surface area (Å²) in [7, 11) is 0. The molecule has 0 amide bonds. The Morgan fingerprint density at radius 2 is 1.64 bits per heavy atom. The molecule has 3 rings (SSSR count). The Labute approximate surface area is 130 Å². The summed E-state index contributed by atoms with van der Waals surface area (Å²) in [5.41, 5.74) is 1.42. The number of benzene rings is 2. The molecule has 1 nitrogen and oxygen atoms in total. The first kappa shape index (κ1) is 16.4. The van der Waals surface area contributed by atoms with Crippen molar-refractivity contribution in [1.29, 1.82) is 0 Å². The number of hydrogen-bond donors (Lipinski definition) is 1. The number of aromatic nitrogens is 1. The molecule has 1 aromatic heterocycles. The van der Waals surface area contributed by atoms with Crippen molar-refractivity contribution in [3.8, 4) is 0 Å².